The van der Waals surface area contributed by atoms with E-state index in [2.05, 4.69) is 18.3 Å². The van der Waals surface area contributed by atoms with Gasteiger partial charge in [-0.15, -0.1) is 0 Å². The lowest BCUT2D eigenvalue weighted by molar-refractivity contribution is 0.0697. The van der Waals surface area contributed by atoms with Crippen LogP contribution in [-0.4, -0.2) is 30.4 Å². The van der Waals surface area contributed by atoms with Crippen LogP contribution in [0.4, 0.5) is 5.69 Å². The Balaban J connectivity index is 2.18. The minimum absolute atomic E-state index is 0.157. The molecule has 3 nitrogen and oxygen atoms in total. The zero-order valence-electron chi connectivity index (χ0n) is 13.6. The minimum atomic E-state index is 0.157. The number of rotatable bonds is 5. The van der Waals surface area contributed by atoms with Crippen LogP contribution in [0, 0.1) is 6.92 Å². The second-order valence-corrected chi connectivity index (χ2v) is 6.18. The molecular weight excluding hydrogens is 260 g/mol. The highest BCUT2D eigenvalue weighted by molar-refractivity contribution is 5.99. The molecule has 1 aliphatic rings. The summed E-state index contributed by atoms with van der Waals surface area (Å²) < 4.78 is 0. The van der Waals surface area contributed by atoms with Crippen molar-refractivity contribution in [1.29, 1.82) is 0 Å². The largest absolute Gasteiger partial charge is 0.384 e. The molecule has 1 fully saturated rings. The van der Waals surface area contributed by atoms with E-state index >= 15 is 0 Å². The quantitative estimate of drug-likeness (QED) is 0.879. The van der Waals surface area contributed by atoms with Crippen LogP contribution in [0.3, 0.4) is 0 Å². The van der Waals surface area contributed by atoms with Gasteiger partial charge in [0.05, 0.1) is 5.56 Å². The van der Waals surface area contributed by atoms with Crippen molar-refractivity contribution in [2.24, 2.45) is 0 Å². The van der Waals surface area contributed by atoms with Crippen molar-refractivity contribution in [3.8, 4) is 0 Å². The lowest BCUT2D eigenvalue weighted by atomic mass is 9.94. The number of anilines is 1. The third kappa shape index (κ3) is 3.99. The van der Waals surface area contributed by atoms with Gasteiger partial charge < -0.3 is 10.2 Å². The molecule has 0 aromatic heterocycles. The maximum Gasteiger partial charge on any atom is 0.255 e. The zero-order chi connectivity index (χ0) is 15.2. The Morgan fingerprint density at radius 1 is 1.29 bits per heavy atom. The number of nitrogens with one attached hydrogen (secondary N) is 1. The third-order valence-corrected chi connectivity index (χ3v) is 4.41. The van der Waals surface area contributed by atoms with Crippen LogP contribution in [0.2, 0.25) is 0 Å². The Hall–Kier alpha value is -1.51. The standard InChI is InChI=1S/C18H28N2O/c1-4-12-19-17-11-10-14(2)13-16(17)18(21)20(3)15-8-6-5-7-9-15/h10-11,13,15,19H,4-9,12H2,1-3H3. The van der Waals surface area contributed by atoms with Crippen molar-refractivity contribution in [2.45, 2.75) is 58.4 Å². The molecule has 1 N–H and O–H groups in total. The molecule has 0 bridgehead atoms. The predicted octanol–water partition coefficient (Wildman–Crippen LogP) is 4.22. The summed E-state index contributed by atoms with van der Waals surface area (Å²) in [5.41, 5.74) is 2.92. The summed E-state index contributed by atoms with van der Waals surface area (Å²) in [7, 11) is 1.96. The van der Waals surface area contributed by atoms with Crippen LogP contribution < -0.4 is 5.32 Å². The summed E-state index contributed by atoms with van der Waals surface area (Å²) >= 11 is 0. The number of benzene rings is 1. The maximum absolute atomic E-state index is 12.9. The highest BCUT2D eigenvalue weighted by atomic mass is 16.2. The van der Waals surface area contributed by atoms with E-state index in [9.17, 15) is 4.79 Å². The molecular formula is C18H28N2O. The molecule has 0 saturated heterocycles. The third-order valence-electron chi connectivity index (χ3n) is 4.41. The molecule has 1 saturated carbocycles. The van der Waals surface area contributed by atoms with Crippen molar-refractivity contribution in [3.63, 3.8) is 0 Å². The number of nitrogens with zero attached hydrogens (tertiary/aromatic N) is 1. The smallest absolute Gasteiger partial charge is 0.255 e. The summed E-state index contributed by atoms with van der Waals surface area (Å²) in [5.74, 6) is 0.157. The van der Waals surface area contributed by atoms with Gasteiger partial charge in [0.25, 0.3) is 5.91 Å². The van der Waals surface area contributed by atoms with E-state index in [4.69, 9.17) is 0 Å². The summed E-state index contributed by atoms with van der Waals surface area (Å²) in [4.78, 5) is 14.8. The molecule has 1 aromatic carbocycles. The Kier molecular flexibility index (Phi) is 5.66. The van der Waals surface area contributed by atoms with Crippen LogP contribution in [-0.2, 0) is 0 Å². The molecule has 21 heavy (non-hydrogen) atoms. The lowest BCUT2D eigenvalue weighted by Crippen LogP contribution is -2.38. The number of aryl methyl sites for hydroxylation is 1. The second-order valence-electron chi connectivity index (χ2n) is 6.18. The van der Waals surface area contributed by atoms with E-state index in [1.54, 1.807) is 0 Å². The first kappa shape index (κ1) is 15.9. The molecule has 0 radical (unpaired) electrons. The SMILES string of the molecule is CCCNc1ccc(C)cc1C(=O)N(C)C1CCCCC1. The molecule has 0 heterocycles. The molecule has 1 aromatic rings. The van der Waals surface area contributed by atoms with Crippen LogP contribution in [0.1, 0.15) is 61.4 Å². The first-order chi connectivity index (χ1) is 10.1. The average Bonchev–Trinajstić information content (AvgIpc) is 2.53. The molecule has 1 amide bonds. The molecule has 0 unspecified atom stereocenters. The van der Waals surface area contributed by atoms with Gasteiger partial charge in [-0.05, 0) is 38.3 Å². The number of carbonyl (C=O) groups is 1. The number of amides is 1. The Morgan fingerprint density at radius 2 is 2.00 bits per heavy atom. The molecule has 0 spiro atoms. The van der Waals surface area contributed by atoms with Gasteiger partial charge >= 0.3 is 0 Å². The van der Waals surface area contributed by atoms with E-state index in [-0.39, 0.29) is 5.91 Å². The van der Waals surface area contributed by atoms with Crippen molar-refractivity contribution in [3.05, 3.63) is 29.3 Å². The first-order valence-corrected chi connectivity index (χ1v) is 8.25. The van der Waals surface area contributed by atoms with Gasteiger partial charge in [0, 0.05) is 25.3 Å². The Morgan fingerprint density at radius 3 is 2.67 bits per heavy atom. The van der Waals surface area contributed by atoms with E-state index in [0.717, 1.165) is 42.6 Å². The Bertz CT molecular complexity index is 478. The van der Waals surface area contributed by atoms with Gasteiger partial charge in [-0.1, -0.05) is 37.8 Å². The highest BCUT2D eigenvalue weighted by Gasteiger charge is 2.24. The van der Waals surface area contributed by atoms with Crippen LogP contribution in [0.25, 0.3) is 0 Å². The number of hydrogen-bond donors (Lipinski definition) is 1. The van der Waals surface area contributed by atoms with Crippen molar-refractivity contribution < 1.29 is 4.79 Å². The van der Waals surface area contributed by atoms with Gasteiger partial charge in [-0.3, -0.25) is 4.79 Å². The van der Waals surface area contributed by atoms with E-state index in [1.165, 1.54) is 19.3 Å². The number of carbonyl (C=O) groups excluding carboxylic acids is 1. The van der Waals surface area contributed by atoms with Crippen molar-refractivity contribution >= 4 is 11.6 Å². The average molecular weight is 288 g/mol. The predicted molar refractivity (Wildman–Crippen MR) is 88.9 cm³/mol. The number of hydrogen-bond acceptors (Lipinski definition) is 2. The van der Waals surface area contributed by atoms with Crippen molar-refractivity contribution in [2.75, 3.05) is 18.9 Å². The molecule has 1 aliphatic carbocycles. The van der Waals surface area contributed by atoms with Gasteiger partial charge in [0.15, 0.2) is 0 Å². The fourth-order valence-electron chi connectivity index (χ4n) is 3.07. The topological polar surface area (TPSA) is 32.3 Å². The molecule has 3 heteroatoms. The van der Waals surface area contributed by atoms with E-state index < -0.39 is 0 Å². The van der Waals surface area contributed by atoms with Crippen LogP contribution in [0.5, 0.6) is 0 Å². The fourth-order valence-corrected chi connectivity index (χ4v) is 3.07. The molecule has 2 rings (SSSR count). The minimum Gasteiger partial charge on any atom is -0.384 e. The molecule has 0 atom stereocenters. The van der Waals surface area contributed by atoms with Crippen molar-refractivity contribution in [1.82, 2.24) is 4.90 Å². The first-order valence-electron chi connectivity index (χ1n) is 8.25. The normalized spacial score (nSPS) is 15.8. The summed E-state index contributed by atoms with van der Waals surface area (Å²) in [5, 5.41) is 3.38. The summed E-state index contributed by atoms with van der Waals surface area (Å²) in [6.45, 7) is 5.08. The Labute approximate surface area is 128 Å². The maximum atomic E-state index is 12.9. The molecule has 0 aliphatic heterocycles. The highest BCUT2D eigenvalue weighted by Crippen LogP contribution is 2.25. The fraction of sp³-hybridized carbons (Fsp3) is 0.611. The molecule has 116 valence electrons. The lowest BCUT2D eigenvalue weighted by Gasteiger charge is -2.32. The summed E-state index contributed by atoms with van der Waals surface area (Å²) in [6.07, 6.45) is 7.15. The zero-order valence-corrected chi connectivity index (χ0v) is 13.6. The summed E-state index contributed by atoms with van der Waals surface area (Å²) in [6, 6.07) is 6.52. The van der Waals surface area contributed by atoms with E-state index in [0.29, 0.717) is 6.04 Å². The van der Waals surface area contributed by atoms with Crippen LogP contribution >= 0.6 is 0 Å². The van der Waals surface area contributed by atoms with Gasteiger partial charge in [-0.2, -0.15) is 0 Å². The van der Waals surface area contributed by atoms with Crippen LogP contribution in [0.15, 0.2) is 18.2 Å². The second kappa shape index (κ2) is 7.48. The van der Waals surface area contributed by atoms with Gasteiger partial charge in [0.1, 0.15) is 0 Å². The van der Waals surface area contributed by atoms with Gasteiger partial charge in [0.2, 0.25) is 0 Å². The van der Waals surface area contributed by atoms with E-state index in [1.807, 2.05) is 31.0 Å². The monoisotopic (exact) mass is 288 g/mol. The van der Waals surface area contributed by atoms with Gasteiger partial charge in [-0.25, -0.2) is 0 Å².